The summed E-state index contributed by atoms with van der Waals surface area (Å²) in [5.41, 5.74) is 1.06. The molecule has 96 valence electrons. The molecule has 0 spiro atoms. The molecule has 5 nitrogen and oxygen atoms in total. The van der Waals surface area contributed by atoms with Crippen molar-refractivity contribution < 1.29 is 0 Å². The van der Waals surface area contributed by atoms with E-state index in [4.69, 9.17) is 5.26 Å². The second kappa shape index (κ2) is 4.94. The Morgan fingerprint density at radius 3 is 3.16 bits per heavy atom. The molecule has 19 heavy (non-hydrogen) atoms. The van der Waals surface area contributed by atoms with E-state index in [9.17, 15) is 0 Å². The SMILES string of the molecule is CC1=CSC(=CC#N)N1c1ccnc(NC2CC2)n1. The molecule has 0 unspecified atom stereocenters. The first kappa shape index (κ1) is 12.1. The van der Waals surface area contributed by atoms with Crippen LogP contribution in [0, 0.1) is 11.3 Å². The monoisotopic (exact) mass is 271 g/mol. The van der Waals surface area contributed by atoms with E-state index < -0.39 is 0 Å². The number of aromatic nitrogens is 2. The van der Waals surface area contributed by atoms with Gasteiger partial charge in [-0.1, -0.05) is 11.8 Å². The Hall–Kier alpha value is -2.00. The Morgan fingerprint density at radius 2 is 2.42 bits per heavy atom. The van der Waals surface area contributed by atoms with Crippen LogP contribution < -0.4 is 10.2 Å². The number of hydrogen-bond donors (Lipinski definition) is 1. The van der Waals surface area contributed by atoms with E-state index >= 15 is 0 Å². The Morgan fingerprint density at radius 1 is 1.58 bits per heavy atom. The van der Waals surface area contributed by atoms with E-state index in [1.807, 2.05) is 23.3 Å². The first-order chi connectivity index (χ1) is 9.28. The maximum Gasteiger partial charge on any atom is 0.224 e. The maximum absolute atomic E-state index is 8.82. The van der Waals surface area contributed by atoms with Gasteiger partial charge in [-0.15, -0.1) is 0 Å². The van der Waals surface area contributed by atoms with Gasteiger partial charge in [0.25, 0.3) is 0 Å². The Bertz CT molecular complexity index is 597. The van der Waals surface area contributed by atoms with Crippen molar-refractivity contribution in [1.29, 1.82) is 5.26 Å². The lowest BCUT2D eigenvalue weighted by atomic mass is 10.4. The van der Waals surface area contributed by atoms with Gasteiger partial charge in [-0.2, -0.15) is 10.2 Å². The molecule has 1 N–H and O–H groups in total. The standard InChI is InChI=1S/C13H13N5S/c1-9-8-19-12(4-6-14)18(9)11-5-7-15-13(17-11)16-10-2-3-10/h4-5,7-8,10H,2-3H2,1H3,(H,15,16,17). The molecule has 2 aliphatic rings. The zero-order valence-electron chi connectivity index (χ0n) is 10.5. The van der Waals surface area contributed by atoms with E-state index in [0.717, 1.165) is 16.5 Å². The Kier molecular flexibility index (Phi) is 3.13. The number of nitriles is 1. The van der Waals surface area contributed by atoms with E-state index in [1.165, 1.54) is 30.7 Å². The van der Waals surface area contributed by atoms with Gasteiger partial charge in [0.15, 0.2) is 0 Å². The van der Waals surface area contributed by atoms with Crippen LogP contribution in [0.25, 0.3) is 0 Å². The van der Waals surface area contributed by atoms with Crippen LogP contribution in [-0.4, -0.2) is 16.0 Å². The van der Waals surface area contributed by atoms with Gasteiger partial charge in [-0.3, -0.25) is 4.90 Å². The van der Waals surface area contributed by atoms with Crippen LogP contribution in [0.4, 0.5) is 11.8 Å². The third kappa shape index (κ3) is 2.56. The summed E-state index contributed by atoms with van der Waals surface area (Å²) in [5, 5.41) is 15.0. The highest BCUT2D eigenvalue weighted by molar-refractivity contribution is 8.06. The van der Waals surface area contributed by atoms with Crippen LogP contribution in [0.5, 0.6) is 0 Å². The molecule has 1 fully saturated rings. The minimum Gasteiger partial charge on any atom is -0.351 e. The van der Waals surface area contributed by atoms with Crippen LogP contribution in [0.1, 0.15) is 19.8 Å². The first-order valence-corrected chi connectivity index (χ1v) is 6.99. The summed E-state index contributed by atoms with van der Waals surface area (Å²) in [4.78, 5) is 10.7. The van der Waals surface area contributed by atoms with Gasteiger partial charge in [0, 0.05) is 24.0 Å². The van der Waals surface area contributed by atoms with Crippen LogP contribution in [-0.2, 0) is 0 Å². The smallest absolute Gasteiger partial charge is 0.224 e. The second-order valence-electron chi connectivity index (χ2n) is 4.48. The van der Waals surface area contributed by atoms with Crippen molar-refractivity contribution >= 4 is 23.5 Å². The number of rotatable bonds is 3. The summed E-state index contributed by atoms with van der Waals surface area (Å²) in [6, 6.07) is 4.45. The Labute approximate surface area is 116 Å². The van der Waals surface area contributed by atoms with Gasteiger partial charge in [0.05, 0.1) is 11.1 Å². The lowest BCUT2D eigenvalue weighted by Gasteiger charge is -2.20. The molecule has 0 saturated heterocycles. The molecule has 1 aliphatic carbocycles. The number of anilines is 2. The highest BCUT2D eigenvalue weighted by Crippen LogP contribution is 2.37. The molecule has 3 rings (SSSR count). The summed E-state index contributed by atoms with van der Waals surface area (Å²) < 4.78 is 0. The molecule has 2 heterocycles. The maximum atomic E-state index is 8.82. The van der Waals surface area contributed by atoms with E-state index in [2.05, 4.69) is 21.4 Å². The van der Waals surface area contributed by atoms with E-state index in [1.54, 1.807) is 6.20 Å². The molecule has 1 saturated carbocycles. The van der Waals surface area contributed by atoms with Crippen molar-refractivity contribution in [2.75, 3.05) is 10.2 Å². The topological polar surface area (TPSA) is 64.8 Å². The summed E-state index contributed by atoms with van der Waals surface area (Å²) in [6.07, 6.45) is 5.65. The van der Waals surface area contributed by atoms with Crippen molar-refractivity contribution in [1.82, 2.24) is 9.97 Å². The van der Waals surface area contributed by atoms with Crippen molar-refractivity contribution in [3.63, 3.8) is 0 Å². The molecule has 0 radical (unpaired) electrons. The highest BCUT2D eigenvalue weighted by atomic mass is 32.2. The normalized spacial score (nSPS) is 20.3. The summed E-state index contributed by atoms with van der Waals surface area (Å²) in [6.45, 7) is 2.00. The lowest BCUT2D eigenvalue weighted by molar-refractivity contribution is 1.02. The van der Waals surface area contributed by atoms with Crippen LogP contribution in [0.2, 0.25) is 0 Å². The molecular formula is C13H13N5S. The molecule has 0 bridgehead atoms. The molecular weight excluding hydrogens is 258 g/mol. The van der Waals surface area contributed by atoms with Gasteiger partial charge in [0.1, 0.15) is 5.82 Å². The minimum atomic E-state index is 0.522. The lowest BCUT2D eigenvalue weighted by Crippen LogP contribution is -2.17. The largest absolute Gasteiger partial charge is 0.351 e. The quantitative estimate of drug-likeness (QED) is 0.853. The third-order valence-corrected chi connectivity index (χ3v) is 3.89. The van der Waals surface area contributed by atoms with Gasteiger partial charge < -0.3 is 5.32 Å². The molecule has 1 aromatic rings. The number of hydrogen-bond acceptors (Lipinski definition) is 6. The molecule has 0 amide bonds. The zero-order chi connectivity index (χ0) is 13.2. The van der Waals surface area contributed by atoms with Crippen molar-refractivity contribution in [2.45, 2.75) is 25.8 Å². The van der Waals surface area contributed by atoms with Gasteiger partial charge in [-0.05, 0) is 31.2 Å². The highest BCUT2D eigenvalue weighted by Gasteiger charge is 2.24. The molecule has 1 aliphatic heterocycles. The number of allylic oxidation sites excluding steroid dienone is 2. The average Bonchev–Trinajstić information content (AvgIpc) is 3.13. The van der Waals surface area contributed by atoms with Gasteiger partial charge >= 0.3 is 0 Å². The van der Waals surface area contributed by atoms with Crippen LogP contribution in [0.3, 0.4) is 0 Å². The fourth-order valence-corrected chi connectivity index (χ4v) is 2.69. The van der Waals surface area contributed by atoms with Crippen molar-refractivity contribution in [2.24, 2.45) is 0 Å². The fourth-order valence-electron chi connectivity index (χ4n) is 1.83. The van der Waals surface area contributed by atoms with Gasteiger partial charge in [-0.25, -0.2) is 4.98 Å². The van der Waals surface area contributed by atoms with Crippen molar-refractivity contribution in [3.8, 4) is 6.07 Å². The average molecular weight is 271 g/mol. The molecule has 0 aromatic carbocycles. The van der Waals surface area contributed by atoms with E-state index in [0.29, 0.717) is 12.0 Å². The number of thioether (sulfide) groups is 1. The van der Waals surface area contributed by atoms with Gasteiger partial charge in [0.2, 0.25) is 5.95 Å². The zero-order valence-corrected chi connectivity index (χ0v) is 11.3. The molecule has 0 atom stereocenters. The second-order valence-corrected chi connectivity index (χ2v) is 5.37. The first-order valence-electron chi connectivity index (χ1n) is 6.11. The number of nitrogens with one attached hydrogen (secondary N) is 1. The van der Waals surface area contributed by atoms with E-state index in [-0.39, 0.29) is 0 Å². The number of nitrogens with zero attached hydrogens (tertiary/aromatic N) is 4. The van der Waals surface area contributed by atoms with Crippen LogP contribution in [0.15, 0.2) is 34.5 Å². The van der Waals surface area contributed by atoms with Crippen molar-refractivity contribution in [3.05, 3.63) is 34.5 Å². The predicted molar refractivity (Wildman–Crippen MR) is 76.2 cm³/mol. The van der Waals surface area contributed by atoms with Crippen LogP contribution >= 0.6 is 11.8 Å². The summed E-state index contributed by atoms with van der Waals surface area (Å²) >= 11 is 1.53. The third-order valence-electron chi connectivity index (χ3n) is 2.89. The predicted octanol–water partition coefficient (Wildman–Crippen LogP) is 2.83. The Balaban J connectivity index is 1.89. The molecule has 6 heteroatoms. The fraction of sp³-hybridized carbons (Fsp3) is 0.308. The summed E-state index contributed by atoms with van der Waals surface area (Å²) in [7, 11) is 0. The summed E-state index contributed by atoms with van der Waals surface area (Å²) in [5.74, 6) is 1.44. The molecule has 1 aromatic heterocycles. The minimum absolute atomic E-state index is 0.522.